The fourth-order valence-corrected chi connectivity index (χ4v) is 2.20. The molecule has 0 aliphatic heterocycles. The van der Waals surface area contributed by atoms with Crippen molar-refractivity contribution in [3.63, 3.8) is 0 Å². The van der Waals surface area contributed by atoms with Crippen molar-refractivity contribution in [2.45, 2.75) is 12.8 Å². The van der Waals surface area contributed by atoms with Crippen molar-refractivity contribution in [3.8, 4) is 5.75 Å². The van der Waals surface area contributed by atoms with E-state index in [9.17, 15) is 0 Å². The van der Waals surface area contributed by atoms with Gasteiger partial charge in [0.2, 0.25) is 0 Å². The Balaban J connectivity index is 3.24. The number of hydrogen-bond acceptors (Lipinski definition) is 2. The van der Waals surface area contributed by atoms with Gasteiger partial charge in [-0.3, -0.25) is 0 Å². The third-order valence-corrected chi connectivity index (χ3v) is 2.86. The molecule has 0 saturated heterocycles. The number of halogens is 2. The Morgan fingerprint density at radius 1 is 1.57 bits per heavy atom. The van der Waals surface area contributed by atoms with E-state index < -0.39 is 0 Å². The summed E-state index contributed by atoms with van der Waals surface area (Å²) in [5, 5.41) is 0.608. The summed E-state index contributed by atoms with van der Waals surface area (Å²) in [5.41, 5.74) is 6.65. The highest BCUT2D eigenvalue weighted by atomic mass is 79.9. The van der Waals surface area contributed by atoms with E-state index >= 15 is 0 Å². The largest absolute Gasteiger partial charge is 0.495 e. The highest BCUT2D eigenvalue weighted by Crippen LogP contribution is 2.36. The summed E-state index contributed by atoms with van der Waals surface area (Å²) in [6, 6.07) is 3.80. The van der Waals surface area contributed by atoms with Crippen LogP contribution in [0.15, 0.2) is 16.6 Å². The number of benzene rings is 1. The first-order chi connectivity index (χ1) is 6.60. The molecule has 14 heavy (non-hydrogen) atoms. The van der Waals surface area contributed by atoms with Crippen LogP contribution in [0.5, 0.6) is 5.75 Å². The van der Waals surface area contributed by atoms with Gasteiger partial charge in [0.15, 0.2) is 0 Å². The lowest BCUT2D eigenvalue weighted by molar-refractivity contribution is 0.407. The van der Waals surface area contributed by atoms with Crippen LogP contribution in [-0.4, -0.2) is 13.7 Å². The van der Waals surface area contributed by atoms with Crippen molar-refractivity contribution >= 4 is 27.5 Å². The molecule has 1 unspecified atom stereocenters. The second kappa shape index (κ2) is 5.01. The number of methoxy groups -OCH3 is 1. The molecule has 0 radical (unpaired) electrons. The van der Waals surface area contributed by atoms with Crippen LogP contribution >= 0.6 is 27.5 Å². The van der Waals surface area contributed by atoms with Crippen LogP contribution < -0.4 is 10.5 Å². The third kappa shape index (κ3) is 2.41. The van der Waals surface area contributed by atoms with Gasteiger partial charge in [-0.1, -0.05) is 34.5 Å². The van der Waals surface area contributed by atoms with Crippen molar-refractivity contribution < 1.29 is 4.74 Å². The fourth-order valence-electron chi connectivity index (χ4n) is 1.29. The fraction of sp³-hybridized carbons (Fsp3) is 0.400. The standard InChI is InChI=1S/C10H13BrClNO/c1-6(5-13)8-3-7(11)4-9(12)10(8)14-2/h3-4,6H,5,13H2,1-2H3. The molecule has 0 aliphatic rings. The van der Waals surface area contributed by atoms with Crippen molar-refractivity contribution in [1.82, 2.24) is 0 Å². The summed E-state index contributed by atoms with van der Waals surface area (Å²) >= 11 is 9.43. The van der Waals surface area contributed by atoms with E-state index in [0.717, 1.165) is 10.0 Å². The number of rotatable bonds is 3. The lowest BCUT2D eigenvalue weighted by Gasteiger charge is -2.15. The predicted molar refractivity (Wildman–Crippen MR) is 63.2 cm³/mol. The third-order valence-electron chi connectivity index (χ3n) is 2.13. The maximum atomic E-state index is 6.04. The molecule has 0 spiro atoms. The van der Waals surface area contributed by atoms with Gasteiger partial charge in [-0.05, 0) is 24.6 Å². The molecule has 0 fully saturated rings. The molecule has 0 aromatic heterocycles. The molecule has 0 aliphatic carbocycles. The Labute approximate surface area is 97.5 Å². The Hall–Kier alpha value is -0.250. The van der Waals surface area contributed by atoms with E-state index in [-0.39, 0.29) is 5.92 Å². The number of nitrogens with two attached hydrogens (primary N) is 1. The smallest absolute Gasteiger partial charge is 0.141 e. The first-order valence-electron chi connectivity index (χ1n) is 4.33. The second-order valence-corrected chi connectivity index (χ2v) is 4.47. The zero-order valence-corrected chi connectivity index (χ0v) is 10.5. The van der Waals surface area contributed by atoms with Crippen LogP contribution in [0.4, 0.5) is 0 Å². The van der Waals surface area contributed by atoms with Crippen LogP contribution in [0.2, 0.25) is 5.02 Å². The van der Waals surface area contributed by atoms with Crippen molar-refractivity contribution in [3.05, 3.63) is 27.2 Å². The molecule has 1 rings (SSSR count). The molecule has 0 heterocycles. The van der Waals surface area contributed by atoms with E-state index in [2.05, 4.69) is 15.9 Å². The van der Waals surface area contributed by atoms with E-state index in [1.807, 2.05) is 19.1 Å². The van der Waals surface area contributed by atoms with Gasteiger partial charge in [0.05, 0.1) is 12.1 Å². The van der Waals surface area contributed by atoms with Gasteiger partial charge in [-0.2, -0.15) is 0 Å². The van der Waals surface area contributed by atoms with Crippen LogP contribution in [0, 0.1) is 0 Å². The predicted octanol–water partition coefficient (Wildman–Crippen LogP) is 3.17. The second-order valence-electron chi connectivity index (χ2n) is 3.15. The molecule has 0 saturated carbocycles. The zero-order valence-electron chi connectivity index (χ0n) is 8.18. The Bertz CT molecular complexity index is 330. The summed E-state index contributed by atoms with van der Waals surface area (Å²) in [7, 11) is 1.61. The van der Waals surface area contributed by atoms with Gasteiger partial charge in [0, 0.05) is 10.0 Å². The van der Waals surface area contributed by atoms with Gasteiger partial charge in [0.25, 0.3) is 0 Å². The molecule has 2 nitrogen and oxygen atoms in total. The minimum atomic E-state index is 0.236. The van der Waals surface area contributed by atoms with E-state index in [0.29, 0.717) is 17.3 Å². The molecule has 78 valence electrons. The van der Waals surface area contributed by atoms with Crippen LogP contribution in [0.1, 0.15) is 18.4 Å². The first kappa shape index (κ1) is 11.8. The summed E-state index contributed by atoms with van der Waals surface area (Å²) in [6.45, 7) is 2.61. The lowest BCUT2D eigenvalue weighted by Crippen LogP contribution is -2.10. The van der Waals surface area contributed by atoms with Crippen LogP contribution in [-0.2, 0) is 0 Å². The lowest BCUT2D eigenvalue weighted by atomic mass is 10.0. The maximum absolute atomic E-state index is 6.04. The minimum absolute atomic E-state index is 0.236. The Morgan fingerprint density at radius 2 is 2.21 bits per heavy atom. The van der Waals surface area contributed by atoms with E-state index in [1.54, 1.807) is 7.11 Å². The zero-order chi connectivity index (χ0) is 10.7. The Morgan fingerprint density at radius 3 is 2.71 bits per heavy atom. The van der Waals surface area contributed by atoms with E-state index in [1.165, 1.54) is 0 Å². The van der Waals surface area contributed by atoms with Crippen LogP contribution in [0.25, 0.3) is 0 Å². The summed E-state index contributed by atoms with van der Waals surface area (Å²) in [5.74, 6) is 0.952. The molecule has 1 atom stereocenters. The van der Waals surface area contributed by atoms with Crippen molar-refractivity contribution in [2.24, 2.45) is 5.73 Å². The summed E-state index contributed by atoms with van der Waals surface area (Å²) in [4.78, 5) is 0. The Kier molecular flexibility index (Phi) is 4.23. The average Bonchev–Trinajstić information content (AvgIpc) is 2.15. The maximum Gasteiger partial charge on any atom is 0.141 e. The van der Waals surface area contributed by atoms with Gasteiger partial charge in [0.1, 0.15) is 5.75 Å². The highest BCUT2D eigenvalue weighted by molar-refractivity contribution is 9.10. The molecular formula is C10H13BrClNO. The molecule has 1 aromatic carbocycles. The summed E-state index contributed by atoms with van der Waals surface area (Å²) in [6.07, 6.45) is 0. The number of ether oxygens (including phenoxy) is 1. The van der Waals surface area contributed by atoms with Crippen molar-refractivity contribution in [2.75, 3.05) is 13.7 Å². The molecular weight excluding hydrogens is 265 g/mol. The van der Waals surface area contributed by atoms with Gasteiger partial charge < -0.3 is 10.5 Å². The monoisotopic (exact) mass is 277 g/mol. The first-order valence-corrected chi connectivity index (χ1v) is 5.50. The van der Waals surface area contributed by atoms with Gasteiger partial charge >= 0.3 is 0 Å². The highest BCUT2D eigenvalue weighted by Gasteiger charge is 2.14. The molecule has 2 N–H and O–H groups in total. The van der Waals surface area contributed by atoms with E-state index in [4.69, 9.17) is 22.1 Å². The molecule has 4 heteroatoms. The number of hydrogen-bond donors (Lipinski definition) is 1. The average molecular weight is 279 g/mol. The topological polar surface area (TPSA) is 35.2 Å². The quantitative estimate of drug-likeness (QED) is 0.922. The molecule has 1 aromatic rings. The molecule has 0 amide bonds. The van der Waals surface area contributed by atoms with Gasteiger partial charge in [-0.15, -0.1) is 0 Å². The summed E-state index contributed by atoms with van der Waals surface area (Å²) < 4.78 is 6.19. The molecule has 0 bridgehead atoms. The minimum Gasteiger partial charge on any atom is -0.495 e. The van der Waals surface area contributed by atoms with Crippen LogP contribution in [0.3, 0.4) is 0 Å². The SMILES string of the molecule is COc1c(Cl)cc(Br)cc1C(C)CN. The van der Waals surface area contributed by atoms with Crippen molar-refractivity contribution in [1.29, 1.82) is 0 Å². The normalized spacial score (nSPS) is 12.6. The van der Waals surface area contributed by atoms with Gasteiger partial charge in [-0.25, -0.2) is 0 Å².